The van der Waals surface area contributed by atoms with Crippen LogP contribution in [0.3, 0.4) is 0 Å². The standard InChI is InChI=1S/C19H18BrClN2O3/c20-16-9-14(21)6-7-17(16)26-11-18(24)22-10-12-2-1-3-15(8-12)23-19(25)13-4-5-13/h1-3,6-9,13H,4-5,10-11H2,(H,22,24)(H,23,25). The van der Waals surface area contributed by atoms with Gasteiger partial charge in [-0.1, -0.05) is 23.7 Å². The third-order valence-corrected chi connectivity index (χ3v) is 4.74. The van der Waals surface area contributed by atoms with Crippen LogP contribution in [-0.2, 0) is 16.1 Å². The maximum absolute atomic E-state index is 12.0. The third kappa shape index (κ3) is 5.47. The zero-order valence-electron chi connectivity index (χ0n) is 13.9. The summed E-state index contributed by atoms with van der Waals surface area (Å²) in [5.74, 6) is 0.532. The average Bonchev–Trinajstić information content (AvgIpc) is 3.45. The van der Waals surface area contributed by atoms with E-state index in [4.69, 9.17) is 16.3 Å². The van der Waals surface area contributed by atoms with Crippen molar-refractivity contribution in [3.8, 4) is 5.75 Å². The molecule has 2 amide bonds. The zero-order chi connectivity index (χ0) is 18.5. The van der Waals surface area contributed by atoms with E-state index in [1.807, 2.05) is 24.3 Å². The molecule has 2 aromatic rings. The van der Waals surface area contributed by atoms with Crippen molar-refractivity contribution in [2.75, 3.05) is 11.9 Å². The molecule has 0 bridgehead atoms. The minimum absolute atomic E-state index is 0.0631. The van der Waals surface area contributed by atoms with Crippen molar-refractivity contribution in [2.45, 2.75) is 19.4 Å². The van der Waals surface area contributed by atoms with Crippen LogP contribution < -0.4 is 15.4 Å². The molecule has 5 nitrogen and oxygen atoms in total. The van der Waals surface area contributed by atoms with E-state index in [9.17, 15) is 9.59 Å². The minimum atomic E-state index is -0.237. The molecule has 0 unspecified atom stereocenters. The summed E-state index contributed by atoms with van der Waals surface area (Å²) in [6.07, 6.45) is 1.93. The lowest BCUT2D eigenvalue weighted by Gasteiger charge is -2.10. The fourth-order valence-electron chi connectivity index (χ4n) is 2.34. The minimum Gasteiger partial charge on any atom is -0.483 e. The summed E-state index contributed by atoms with van der Waals surface area (Å²) in [5, 5.41) is 6.28. The summed E-state index contributed by atoms with van der Waals surface area (Å²) < 4.78 is 6.17. The lowest BCUT2D eigenvalue weighted by molar-refractivity contribution is -0.123. The van der Waals surface area contributed by atoms with E-state index in [-0.39, 0.29) is 24.3 Å². The van der Waals surface area contributed by atoms with Gasteiger partial charge in [-0.3, -0.25) is 9.59 Å². The predicted molar refractivity (Wildman–Crippen MR) is 104 cm³/mol. The summed E-state index contributed by atoms with van der Waals surface area (Å²) in [7, 11) is 0. The molecule has 1 aliphatic rings. The summed E-state index contributed by atoms with van der Waals surface area (Å²) in [4.78, 5) is 23.8. The van der Waals surface area contributed by atoms with Crippen molar-refractivity contribution in [3.05, 3.63) is 57.5 Å². The van der Waals surface area contributed by atoms with Gasteiger partial charge in [0, 0.05) is 23.2 Å². The first kappa shape index (κ1) is 18.7. The highest BCUT2D eigenvalue weighted by atomic mass is 79.9. The van der Waals surface area contributed by atoms with E-state index < -0.39 is 0 Å². The number of nitrogens with one attached hydrogen (secondary N) is 2. The van der Waals surface area contributed by atoms with Gasteiger partial charge in [0.15, 0.2) is 6.61 Å². The van der Waals surface area contributed by atoms with Crippen molar-refractivity contribution in [1.29, 1.82) is 0 Å². The molecule has 1 aliphatic carbocycles. The number of anilines is 1. The highest BCUT2D eigenvalue weighted by Gasteiger charge is 2.29. The maximum atomic E-state index is 12.0. The van der Waals surface area contributed by atoms with Crippen LogP contribution in [0, 0.1) is 5.92 Å². The van der Waals surface area contributed by atoms with Crippen LogP contribution in [0.15, 0.2) is 46.9 Å². The Morgan fingerprint density at radius 1 is 1.19 bits per heavy atom. The molecular weight excluding hydrogens is 420 g/mol. The van der Waals surface area contributed by atoms with Gasteiger partial charge < -0.3 is 15.4 Å². The molecule has 0 radical (unpaired) electrons. The van der Waals surface area contributed by atoms with Crippen molar-refractivity contribution < 1.29 is 14.3 Å². The number of rotatable bonds is 7. The molecule has 0 spiro atoms. The highest BCUT2D eigenvalue weighted by molar-refractivity contribution is 9.10. The second-order valence-electron chi connectivity index (χ2n) is 6.10. The molecule has 1 saturated carbocycles. The zero-order valence-corrected chi connectivity index (χ0v) is 16.3. The summed E-state index contributed by atoms with van der Waals surface area (Å²) in [5.41, 5.74) is 1.65. The van der Waals surface area contributed by atoms with E-state index in [2.05, 4.69) is 26.6 Å². The fourth-order valence-corrected chi connectivity index (χ4v) is 3.13. The second kappa shape index (κ2) is 8.56. The molecule has 1 fully saturated rings. The molecule has 0 atom stereocenters. The number of hydrogen-bond donors (Lipinski definition) is 2. The van der Waals surface area contributed by atoms with Gasteiger partial charge in [-0.25, -0.2) is 0 Å². The molecule has 2 N–H and O–H groups in total. The number of carbonyl (C=O) groups is 2. The number of amides is 2. The lowest BCUT2D eigenvalue weighted by atomic mass is 10.2. The Balaban J connectivity index is 1.47. The van der Waals surface area contributed by atoms with Gasteiger partial charge in [-0.05, 0) is 64.7 Å². The van der Waals surface area contributed by atoms with E-state index in [0.717, 1.165) is 24.1 Å². The Morgan fingerprint density at radius 3 is 2.73 bits per heavy atom. The normalized spacial score (nSPS) is 13.2. The maximum Gasteiger partial charge on any atom is 0.258 e. The fraction of sp³-hybridized carbons (Fsp3) is 0.263. The molecule has 0 aromatic heterocycles. The van der Waals surface area contributed by atoms with Crippen LogP contribution in [-0.4, -0.2) is 18.4 Å². The van der Waals surface area contributed by atoms with E-state index in [1.54, 1.807) is 18.2 Å². The van der Waals surface area contributed by atoms with E-state index >= 15 is 0 Å². The van der Waals surface area contributed by atoms with E-state index in [0.29, 0.717) is 21.8 Å². The Hall–Kier alpha value is -2.05. The molecular formula is C19H18BrClN2O3. The number of benzene rings is 2. The predicted octanol–water partition coefficient (Wildman–Crippen LogP) is 4.15. The SMILES string of the molecule is O=C(COc1ccc(Cl)cc1Br)NCc1cccc(NC(=O)C2CC2)c1. The Labute approximate surface area is 165 Å². The van der Waals surface area contributed by atoms with Gasteiger partial charge >= 0.3 is 0 Å². The van der Waals surface area contributed by atoms with Gasteiger partial charge in [0.1, 0.15) is 5.75 Å². The monoisotopic (exact) mass is 436 g/mol. The Morgan fingerprint density at radius 2 is 2.00 bits per heavy atom. The van der Waals surface area contributed by atoms with Crippen LogP contribution in [0.25, 0.3) is 0 Å². The van der Waals surface area contributed by atoms with Gasteiger partial charge in [-0.15, -0.1) is 0 Å². The molecule has 0 saturated heterocycles. The summed E-state index contributed by atoms with van der Waals surface area (Å²) in [6.45, 7) is 0.259. The molecule has 3 rings (SSSR count). The first-order valence-electron chi connectivity index (χ1n) is 8.25. The average molecular weight is 438 g/mol. The molecule has 0 aliphatic heterocycles. The molecule has 2 aromatic carbocycles. The number of halogens is 2. The quantitative estimate of drug-likeness (QED) is 0.684. The van der Waals surface area contributed by atoms with Crippen LogP contribution in [0.4, 0.5) is 5.69 Å². The Bertz CT molecular complexity index is 824. The lowest BCUT2D eigenvalue weighted by Crippen LogP contribution is -2.28. The smallest absolute Gasteiger partial charge is 0.258 e. The Kier molecular flexibility index (Phi) is 6.16. The number of carbonyl (C=O) groups excluding carboxylic acids is 2. The first-order valence-corrected chi connectivity index (χ1v) is 9.43. The topological polar surface area (TPSA) is 67.4 Å². The largest absolute Gasteiger partial charge is 0.483 e. The van der Waals surface area contributed by atoms with E-state index in [1.165, 1.54) is 0 Å². The first-order chi connectivity index (χ1) is 12.5. The highest BCUT2D eigenvalue weighted by Crippen LogP contribution is 2.30. The molecule has 136 valence electrons. The number of ether oxygens (including phenoxy) is 1. The second-order valence-corrected chi connectivity index (χ2v) is 7.39. The number of hydrogen-bond acceptors (Lipinski definition) is 3. The van der Waals surface area contributed by atoms with Gasteiger partial charge in [0.2, 0.25) is 5.91 Å². The molecule has 0 heterocycles. The summed E-state index contributed by atoms with van der Waals surface area (Å²) >= 11 is 9.21. The van der Waals surface area contributed by atoms with Crippen LogP contribution >= 0.6 is 27.5 Å². The van der Waals surface area contributed by atoms with Crippen molar-refractivity contribution >= 4 is 45.0 Å². The molecule has 7 heteroatoms. The molecule has 26 heavy (non-hydrogen) atoms. The van der Waals surface area contributed by atoms with Gasteiger partial charge in [0.25, 0.3) is 5.91 Å². The van der Waals surface area contributed by atoms with Crippen LogP contribution in [0.2, 0.25) is 5.02 Å². The van der Waals surface area contributed by atoms with Crippen molar-refractivity contribution in [3.63, 3.8) is 0 Å². The summed E-state index contributed by atoms with van der Waals surface area (Å²) in [6, 6.07) is 12.5. The third-order valence-electron chi connectivity index (χ3n) is 3.89. The van der Waals surface area contributed by atoms with Crippen LogP contribution in [0.1, 0.15) is 18.4 Å². The van der Waals surface area contributed by atoms with Crippen molar-refractivity contribution in [2.24, 2.45) is 5.92 Å². The van der Waals surface area contributed by atoms with Crippen LogP contribution in [0.5, 0.6) is 5.75 Å². The van der Waals surface area contributed by atoms with Gasteiger partial charge in [0.05, 0.1) is 4.47 Å². The van der Waals surface area contributed by atoms with Gasteiger partial charge in [-0.2, -0.15) is 0 Å². The van der Waals surface area contributed by atoms with Crippen molar-refractivity contribution in [1.82, 2.24) is 5.32 Å².